The second-order valence-electron chi connectivity index (χ2n) is 6.10. The molecule has 0 fully saturated rings. The SMILES string of the molecule is CC1(Sc2ccc(F)cc2)N=NC(C(F)(F)F)=C1N(C=O)c1c(F)ccc(F)c1F. The highest BCUT2D eigenvalue weighted by atomic mass is 32.2. The minimum atomic E-state index is -5.15. The van der Waals surface area contributed by atoms with Crippen molar-refractivity contribution in [3.05, 3.63) is 71.1 Å². The van der Waals surface area contributed by atoms with Gasteiger partial charge in [0.15, 0.2) is 28.0 Å². The number of carbonyl (C=O) groups is 1. The van der Waals surface area contributed by atoms with E-state index in [0.29, 0.717) is 23.9 Å². The van der Waals surface area contributed by atoms with Gasteiger partial charge in [-0.1, -0.05) is 11.8 Å². The van der Waals surface area contributed by atoms with Gasteiger partial charge >= 0.3 is 6.18 Å². The first kappa shape index (κ1) is 21.8. The molecule has 1 aliphatic rings. The Bertz CT molecular complexity index is 1050. The molecule has 3 rings (SSSR count). The largest absolute Gasteiger partial charge is 0.437 e. The Morgan fingerprint density at radius 3 is 2.17 bits per heavy atom. The summed E-state index contributed by atoms with van der Waals surface area (Å²) in [5.74, 6) is -5.52. The molecule has 2 aromatic rings. The van der Waals surface area contributed by atoms with E-state index >= 15 is 0 Å². The lowest BCUT2D eigenvalue weighted by molar-refractivity contribution is -0.107. The maximum atomic E-state index is 14.3. The summed E-state index contributed by atoms with van der Waals surface area (Å²) in [5.41, 5.74) is -4.06. The van der Waals surface area contributed by atoms with E-state index in [1.165, 1.54) is 12.1 Å². The number of hydrogen-bond acceptors (Lipinski definition) is 4. The maximum Gasteiger partial charge on any atom is 0.437 e. The molecular formula is C18H10F7N3OS. The summed E-state index contributed by atoms with van der Waals surface area (Å²) in [6.45, 7) is 1.12. The van der Waals surface area contributed by atoms with Crippen LogP contribution in [-0.2, 0) is 4.79 Å². The molecule has 0 saturated heterocycles. The lowest BCUT2D eigenvalue weighted by Crippen LogP contribution is -2.36. The van der Waals surface area contributed by atoms with Crippen LogP contribution in [0.4, 0.5) is 36.4 Å². The number of thioether (sulfide) groups is 1. The van der Waals surface area contributed by atoms with Gasteiger partial charge in [0.25, 0.3) is 0 Å². The van der Waals surface area contributed by atoms with Crippen LogP contribution in [0.25, 0.3) is 0 Å². The van der Waals surface area contributed by atoms with Crippen LogP contribution in [0.3, 0.4) is 0 Å². The molecule has 1 aliphatic heterocycles. The van der Waals surface area contributed by atoms with E-state index in [-0.39, 0.29) is 16.2 Å². The van der Waals surface area contributed by atoms with Crippen molar-refractivity contribution in [1.82, 2.24) is 0 Å². The molecular weight excluding hydrogens is 439 g/mol. The first-order chi connectivity index (χ1) is 14.0. The number of anilines is 1. The van der Waals surface area contributed by atoms with Gasteiger partial charge in [-0.15, -0.1) is 5.11 Å². The summed E-state index contributed by atoms with van der Waals surface area (Å²) in [5, 5.41) is 6.63. The molecule has 1 heterocycles. The van der Waals surface area contributed by atoms with Gasteiger partial charge in [-0.25, -0.2) is 17.6 Å². The van der Waals surface area contributed by atoms with E-state index in [0.717, 1.165) is 19.1 Å². The van der Waals surface area contributed by atoms with Crippen LogP contribution in [0, 0.1) is 23.3 Å². The predicted octanol–water partition coefficient (Wildman–Crippen LogP) is 5.95. The molecule has 158 valence electrons. The van der Waals surface area contributed by atoms with Crippen molar-refractivity contribution in [2.75, 3.05) is 4.90 Å². The van der Waals surface area contributed by atoms with E-state index in [4.69, 9.17) is 0 Å². The second kappa shape index (κ2) is 7.74. The molecule has 0 aliphatic carbocycles. The monoisotopic (exact) mass is 449 g/mol. The summed E-state index contributed by atoms with van der Waals surface area (Å²) in [6.07, 6.45) is -5.44. The quantitative estimate of drug-likeness (QED) is 0.322. The maximum absolute atomic E-state index is 14.3. The molecule has 12 heteroatoms. The van der Waals surface area contributed by atoms with Crippen molar-refractivity contribution in [1.29, 1.82) is 0 Å². The molecule has 0 radical (unpaired) electrons. The first-order valence-electron chi connectivity index (χ1n) is 8.05. The van der Waals surface area contributed by atoms with E-state index in [2.05, 4.69) is 10.2 Å². The number of benzene rings is 2. The van der Waals surface area contributed by atoms with E-state index in [9.17, 15) is 35.5 Å². The Morgan fingerprint density at radius 1 is 1.00 bits per heavy atom. The van der Waals surface area contributed by atoms with E-state index in [1.54, 1.807) is 0 Å². The summed E-state index contributed by atoms with van der Waals surface area (Å²) in [6, 6.07) is 5.43. The number of rotatable bonds is 5. The van der Waals surface area contributed by atoms with Gasteiger partial charge in [0.1, 0.15) is 11.5 Å². The zero-order valence-corrected chi connectivity index (χ0v) is 15.7. The van der Waals surface area contributed by atoms with Crippen LogP contribution in [-0.4, -0.2) is 17.5 Å². The number of amides is 1. The Hall–Kier alpha value is -2.89. The number of halogens is 7. The number of alkyl halides is 3. The van der Waals surface area contributed by atoms with Gasteiger partial charge in [0.2, 0.25) is 6.41 Å². The molecule has 0 saturated carbocycles. The van der Waals surface area contributed by atoms with Crippen LogP contribution in [0.2, 0.25) is 0 Å². The Balaban J connectivity index is 2.20. The summed E-state index contributed by atoms with van der Waals surface area (Å²) < 4.78 is 96.0. The van der Waals surface area contributed by atoms with Crippen molar-refractivity contribution >= 4 is 23.9 Å². The molecule has 1 atom stereocenters. The molecule has 30 heavy (non-hydrogen) atoms. The lowest BCUT2D eigenvalue weighted by Gasteiger charge is -2.30. The van der Waals surface area contributed by atoms with Crippen LogP contribution >= 0.6 is 11.8 Å². The van der Waals surface area contributed by atoms with Crippen molar-refractivity contribution in [2.45, 2.75) is 22.9 Å². The van der Waals surface area contributed by atoms with Gasteiger partial charge in [-0.3, -0.25) is 9.69 Å². The third-order valence-corrected chi connectivity index (χ3v) is 5.19. The number of hydrogen-bond donors (Lipinski definition) is 0. The predicted molar refractivity (Wildman–Crippen MR) is 93.5 cm³/mol. The van der Waals surface area contributed by atoms with E-state index in [1.807, 2.05) is 0 Å². The van der Waals surface area contributed by atoms with Crippen LogP contribution in [0.1, 0.15) is 6.92 Å². The molecule has 4 nitrogen and oxygen atoms in total. The fourth-order valence-electron chi connectivity index (χ4n) is 2.74. The first-order valence-corrected chi connectivity index (χ1v) is 8.87. The highest BCUT2D eigenvalue weighted by molar-refractivity contribution is 8.00. The molecule has 0 N–H and O–H groups in total. The number of azo groups is 1. The zero-order chi connectivity index (χ0) is 22.3. The summed E-state index contributed by atoms with van der Waals surface area (Å²) in [7, 11) is 0. The molecule has 0 aromatic heterocycles. The number of nitrogens with zero attached hydrogens (tertiary/aromatic N) is 3. The van der Waals surface area contributed by atoms with Crippen molar-refractivity contribution in [2.24, 2.45) is 10.2 Å². The second-order valence-corrected chi connectivity index (χ2v) is 7.57. The molecule has 1 unspecified atom stereocenters. The Morgan fingerprint density at radius 2 is 1.60 bits per heavy atom. The molecule has 0 spiro atoms. The highest BCUT2D eigenvalue weighted by Crippen LogP contribution is 2.50. The summed E-state index contributed by atoms with van der Waals surface area (Å²) in [4.78, 5) is 9.91. The van der Waals surface area contributed by atoms with Gasteiger partial charge in [0.05, 0.1) is 5.70 Å². The van der Waals surface area contributed by atoms with Crippen molar-refractivity contribution in [3.63, 3.8) is 0 Å². The van der Waals surface area contributed by atoms with Gasteiger partial charge in [0, 0.05) is 4.90 Å². The molecule has 2 aromatic carbocycles. The Labute approximate surface area is 169 Å². The average Bonchev–Trinajstić information content (AvgIpc) is 3.01. The number of allylic oxidation sites excluding steroid dienone is 1. The normalized spacial score (nSPS) is 18.8. The smallest absolute Gasteiger partial charge is 0.278 e. The van der Waals surface area contributed by atoms with Crippen LogP contribution in [0.15, 0.2) is 62.9 Å². The minimum absolute atomic E-state index is 0.00685. The highest BCUT2D eigenvalue weighted by Gasteiger charge is 2.51. The summed E-state index contributed by atoms with van der Waals surface area (Å²) >= 11 is 0.620. The van der Waals surface area contributed by atoms with Crippen molar-refractivity contribution in [3.8, 4) is 0 Å². The fraction of sp³-hybridized carbons (Fsp3) is 0.167. The van der Waals surface area contributed by atoms with Crippen LogP contribution in [0.5, 0.6) is 0 Å². The van der Waals surface area contributed by atoms with Gasteiger partial charge in [-0.2, -0.15) is 18.3 Å². The standard InChI is InChI=1S/C18H10F7N3OS/c1-17(30-10-4-2-9(19)3-5-10)16(15(26-27-17)18(23,24)25)28(8-29)14-12(21)7-6-11(20)13(14)22/h2-8H,1H3. The topological polar surface area (TPSA) is 45.0 Å². The van der Waals surface area contributed by atoms with Gasteiger partial charge < -0.3 is 0 Å². The van der Waals surface area contributed by atoms with Crippen LogP contribution < -0.4 is 4.90 Å². The van der Waals surface area contributed by atoms with Crippen molar-refractivity contribution < 1.29 is 35.5 Å². The van der Waals surface area contributed by atoms with E-state index < -0.39 is 51.4 Å². The molecule has 1 amide bonds. The zero-order valence-electron chi connectivity index (χ0n) is 14.8. The third kappa shape index (κ3) is 3.91. The average molecular weight is 449 g/mol. The Kier molecular flexibility index (Phi) is 5.63. The molecule has 0 bridgehead atoms. The minimum Gasteiger partial charge on any atom is -0.278 e. The lowest BCUT2D eigenvalue weighted by atomic mass is 10.1. The third-order valence-electron chi connectivity index (χ3n) is 4.01. The fourth-order valence-corrected chi connectivity index (χ4v) is 3.85. The van der Waals surface area contributed by atoms with Gasteiger partial charge in [-0.05, 0) is 43.3 Å². The number of carbonyl (C=O) groups excluding carboxylic acids is 1.